The van der Waals surface area contributed by atoms with Crippen molar-refractivity contribution >= 4 is 57.0 Å². The first-order valence-electron chi connectivity index (χ1n) is 22.2. The molecule has 5 amide bonds. The van der Waals surface area contributed by atoms with Crippen LogP contribution in [-0.4, -0.2) is 132 Å². The summed E-state index contributed by atoms with van der Waals surface area (Å²) in [5.41, 5.74) is -0.826. The van der Waals surface area contributed by atoms with Crippen molar-refractivity contribution in [2.45, 2.75) is 112 Å². The molecule has 5 aliphatic rings. The number of benzene rings is 1. The number of amides is 5. The predicted octanol–water partition coefficient (Wildman–Crippen LogP) is 3.47. The number of hydrogen-bond acceptors (Lipinski definition) is 13. The zero-order valence-corrected chi connectivity index (χ0v) is 36.4. The number of halogens is 1. The van der Waals surface area contributed by atoms with Gasteiger partial charge in [-0.3, -0.25) is 14.4 Å². The summed E-state index contributed by atoms with van der Waals surface area (Å²) in [5.74, 6) is -3.25. The summed E-state index contributed by atoms with van der Waals surface area (Å²) in [6.45, 7) is 5.50. The maximum absolute atomic E-state index is 14.7. The van der Waals surface area contributed by atoms with E-state index in [9.17, 15) is 36.8 Å². The van der Waals surface area contributed by atoms with Crippen LogP contribution in [0.3, 0.4) is 0 Å². The lowest BCUT2D eigenvalue weighted by Gasteiger charge is -2.35. The zero-order valence-electron chi connectivity index (χ0n) is 35.6. The largest absolute Gasteiger partial charge is 0.446 e. The highest BCUT2D eigenvalue weighted by atomic mass is 32.2. The fourth-order valence-electron chi connectivity index (χ4n) is 9.17. The Labute approximate surface area is 370 Å². The summed E-state index contributed by atoms with van der Waals surface area (Å²) in [6.07, 6.45) is 8.89. The number of rotatable bonds is 5. The number of anilines is 2. The maximum atomic E-state index is 14.7. The molecular formula is C43H55FN10O9S. The van der Waals surface area contributed by atoms with Crippen LogP contribution in [0.5, 0.6) is 0 Å². The van der Waals surface area contributed by atoms with Gasteiger partial charge in [0.05, 0.1) is 23.9 Å². The van der Waals surface area contributed by atoms with Gasteiger partial charge in [-0.2, -0.15) is 0 Å². The van der Waals surface area contributed by atoms with E-state index >= 15 is 0 Å². The Morgan fingerprint density at radius 2 is 1.69 bits per heavy atom. The van der Waals surface area contributed by atoms with Gasteiger partial charge >= 0.3 is 12.2 Å². The summed E-state index contributed by atoms with van der Waals surface area (Å²) in [5, 5.41) is 13.1. The first kappa shape index (κ1) is 44.6. The normalized spacial score (nSPS) is 27.1. The number of ether oxygens (including phenoxy) is 2. The van der Waals surface area contributed by atoms with Gasteiger partial charge < -0.3 is 40.1 Å². The lowest BCUT2D eigenvalue weighted by molar-refractivity contribution is -0.141. The Kier molecular flexibility index (Phi) is 13.2. The van der Waals surface area contributed by atoms with Gasteiger partial charge in [-0.15, -0.1) is 11.7 Å². The van der Waals surface area contributed by atoms with Gasteiger partial charge in [-0.25, -0.2) is 36.6 Å². The summed E-state index contributed by atoms with van der Waals surface area (Å²) < 4.78 is 57.4. The topological polar surface area (TPSA) is 226 Å². The van der Waals surface area contributed by atoms with Crippen LogP contribution >= 0.6 is 0 Å². The SMILES string of the molecule is C=C[C@@H]1C[C@@]12NC(=O)[C@@H]1C[C@@H](OC(=O)N3CCN(c4ccc5cncn5n4)CC3)CN1C(=O)[C@@H](NC(=O)OC1CCCC1)CCCCCCCNc1ccc(F)cc1S(=O)(=O)NC2=O. The molecule has 4 fully saturated rings. The fourth-order valence-corrected chi connectivity index (χ4v) is 10.4. The number of carbonyl (C=O) groups is 5. The number of nitrogens with zero attached hydrogens (tertiary/aromatic N) is 6. The average Bonchev–Trinajstić information content (AvgIpc) is 3.70. The van der Waals surface area contributed by atoms with Crippen molar-refractivity contribution in [3.8, 4) is 0 Å². The van der Waals surface area contributed by atoms with Crippen molar-refractivity contribution in [3.63, 3.8) is 0 Å². The highest BCUT2D eigenvalue weighted by molar-refractivity contribution is 7.90. The quantitative estimate of drug-likeness (QED) is 0.270. The number of nitrogens with one attached hydrogen (secondary N) is 4. The van der Waals surface area contributed by atoms with E-state index in [0.717, 1.165) is 62.0 Å². The first-order chi connectivity index (χ1) is 30.8. The van der Waals surface area contributed by atoms with Crippen LogP contribution in [0.4, 0.5) is 25.5 Å². The Morgan fingerprint density at radius 1 is 0.938 bits per heavy atom. The molecular weight excluding hydrogens is 852 g/mol. The minimum atomic E-state index is -4.67. The highest BCUT2D eigenvalue weighted by Crippen LogP contribution is 2.45. The lowest BCUT2D eigenvalue weighted by Crippen LogP contribution is -2.58. The van der Waals surface area contributed by atoms with Gasteiger partial charge in [-0.05, 0) is 75.3 Å². The number of alkyl carbamates (subject to hydrolysis) is 1. The Balaban J connectivity index is 1.02. The number of piperazine rings is 1. The molecule has 0 radical (unpaired) electrons. The maximum Gasteiger partial charge on any atom is 0.410 e. The summed E-state index contributed by atoms with van der Waals surface area (Å²) in [6, 6.07) is 4.65. The molecule has 2 saturated heterocycles. The van der Waals surface area contributed by atoms with Gasteiger partial charge in [0.15, 0.2) is 0 Å². The number of fused-ring (bicyclic) bond motifs is 3. The molecule has 0 bridgehead atoms. The molecule has 19 nitrogen and oxygen atoms in total. The standard InChI is InChI=1S/C43H55FN10O9S/c1-2-28-24-43(28)40(57)50-64(60,61)36-22-29(44)13-15-33(36)46-17-9-5-3-4-6-12-34(47-41(58)62-31-10-7-8-11-31)39(56)53-26-32(23-35(53)38(55)48-43)63-42(59)52-20-18-51(19-21-52)37-16-14-30-25-45-27-54(30)49-37/h2,13-16,22,25,27-28,31-32,34-35,46H,1,3-12,17-21,23-24,26H2,(H,47,58)(H,48,55)(H,50,57)/t28-,32-,34+,35+,43-/m1/s1. The van der Waals surface area contributed by atoms with E-state index in [0.29, 0.717) is 52.0 Å². The van der Waals surface area contributed by atoms with E-state index in [1.165, 1.54) is 17.0 Å². The predicted molar refractivity (Wildman–Crippen MR) is 230 cm³/mol. The van der Waals surface area contributed by atoms with E-state index in [1.54, 1.807) is 21.9 Å². The first-order valence-corrected chi connectivity index (χ1v) is 23.6. The van der Waals surface area contributed by atoms with E-state index in [-0.39, 0.29) is 37.6 Å². The Morgan fingerprint density at radius 3 is 2.45 bits per heavy atom. The zero-order chi connectivity index (χ0) is 45.0. The molecule has 2 saturated carbocycles. The Hall–Kier alpha value is -5.99. The molecule has 2 aromatic heterocycles. The van der Waals surface area contributed by atoms with Crippen LogP contribution < -0.4 is 25.6 Å². The van der Waals surface area contributed by atoms with Crippen LogP contribution in [0.1, 0.15) is 77.0 Å². The van der Waals surface area contributed by atoms with Crippen molar-refractivity contribution in [1.82, 2.24) is 39.8 Å². The van der Waals surface area contributed by atoms with E-state index < -0.39 is 80.3 Å². The molecule has 8 rings (SSSR count). The molecule has 21 heteroatoms. The molecule has 5 atom stereocenters. The monoisotopic (exact) mass is 906 g/mol. The van der Waals surface area contributed by atoms with E-state index in [2.05, 4.69) is 37.3 Å². The molecule has 1 aromatic carbocycles. The molecule has 3 aromatic rings. The summed E-state index contributed by atoms with van der Waals surface area (Å²) >= 11 is 0. The molecule has 5 heterocycles. The van der Waals surface area contributed by atoms with Crippen molar-refractivity contribution in [1.29, 1.82) is 0 Å². The third-order valence-corrected chi connectivity index (χ3v) is 14.3. The number of sulfonamides is 1. The second-order valence-corrected chi connectivity index (χ2v) is 18.9. The highest BCUT2D eigenvalue weighted by Gasteiger charge is 2.61. The van der Waals surface area contributed by atoms with Gasteiger partial charge in [0.25, 0.3) is 15.9 Å². The van der Waals surface area contributed by atoms with Crippen LogP contribution in [0.25, 0.3) is 5.52 Å². The van der Waals surface area contributed by atoms with Crippen LogP contribution in [0.15, 0.2) is 60.4 Å². The molecule has 344 valence electrons. The van der Waals surface area contributed by atoms with Crippen LogP contribution in [-0.2, 0) is 33.9 Å². The van der Waals surface area contributed by atoms with Gasteiger partial charge in [0.2, 0.25) is 11.8 Å². The third-order valence-electron chi connectivity index (χ3n) is 12.9. The molecule has 1 spiro atoms. The molecule has 3 aliphatic heterocycles. The number of carbonyl (C=O) groups excluding carboxylic acids is 5. The number of hydrogen-bond donors (Lipinski definition) is 4. The Bertz CT molecular complexity index is 2370. The van der Waals surface area contributed by atoms with E-state index in [4.69, 9.17) is 9.47 Å². The van der Waals surface area contributed by atoms with Crippen LogP contribution in [0.2, 0.25) is 0 Å². The van der Waals surface area contributed by atoms with Crippen molar-refractivity contribution < 1.29 is 46.3 Å². The second kappa shape index (κ2) is 19.0. The average molecular weight is 907 g/mol. The van der Waals surface area contributed by atoms with E-state index in [1.807, 2.05) is 17.0 Å². The minimum Gasteiger partial charge on any atom is -0.446 e. The fraction of sp³-hybridized carbons (Fsp3) is 0.558. The lowest BCUT2D eigenvalue weighted by atomic mass is 10.0. The van der Waals surface area contributed by atoms with Crippen molar-refractivity contribution in [2.75, 3.05) is 49.5 Å². The molecule has 4 N–H and O–H groups in total. The molecule has 0 unspecified atom stereocenters. The van der Waals surface area contributed by atoms with Crippen molar-refractivity contribution in [3.05, 3.63) is 61.3 Å². The van der Waals surface area contributed by atoms with Crippen LogP contribution in [0, 0.1) is 11.7 Å². The molecule has 2 aliphatic carbocycles. The van der Waals surface area contributed by atoms with Crippen molar-refractivity contribution in [2.24, 2.45) is 5.92 Å². The number of imidazole rings is 1. The summed E-state index contributed by atoms with van der Waals surface area (Å²) in [7, 11) is -4.67. The number of aromatic nitrogens is 3. The smallest absolute Gasteiger partial charge is 0.410 e. The summed E-state index contributed by atoms with van der Waals surface area (Å²) in [4.78, 5) is 78.7. The molecule has 64 heavy (non-hydrogen) atoms. The third kappa shape index (κ3) is 9.88. The second-order valence-electron chi connectivity index (χ2n) is 17.3. The van der Waals surface area contributed by atoms with Gasteiger partial charge in [0.1, 0.15) is 52.7 Å². The van der Waals surface area contributed by atoms with Gasteiger partial charge in [-0.1, -0.05) is 31.8 Å². The minimum absolute atomic E-state index is 0.00814. The van der Waals surface area contributed by atoms with Gasteiger partial charge in [0, 0.05) is 45.1 Å².